The number of guanidine groups is 1. The van der Waals surface area contributed by atoms with Crippen LogP contribution in [0.1, 0.15) is 12.5 Å². The number of hydrogen-bond donors (Lipinski definition) is 3. The molecule has 0 atom stereocenters. The van der Waals surface area contributed by atoms with Gasteiger partial charge in [0.05, 0.1) is 11.1 Å². The maximum absolute atomic E-state index is 10.3. The first-order valence-electron chi connectivity index (χ1n) is 4.89. The maximum Gasteiger partial charge on any atom is 0.300 e. The minimum Gasteiger partial charge on any atom is -0.481 e. The molecule has 9 nitrogen and oxygen atoms in total. The monoisotopic (exact) mass is 267 g/mol. The molecule has 0 bridgehead atoms. The summed E-state index contributed by atoms with van der Waals surface area (Å²) in [7, 11) is 0. The molecule has 0 heterocycles. The molecule has 1 rings (SSSR count). The zero-order valence-corrected chi connectivity index (χ0v) is 10.1. The molecule has 1 aromatic rings. The first-order valence-corrected chi connectivity index (χ1v) is 4.89. The van der Waals surface area contributed by atoms with Gasteiger partial charge in [0.15, 0.2) is 0 Å². The second-order valence-electron chi connectivity index (χ2n) is 3.14. The fourth-order valence-corrected chi connectivity index (χ4v) is 0.844. The number of non-ortho nitro benzene ring substituents is 1. The van der Waals surface area contributed by atoms with Gasteiger partial charge in [-0.15, -0.1) is 5.10 Å². The van der Waals surface area contributed by atoms with Crippen molar-refractivity contribution in [3.63, 3.8) is 0 Å². The topological polar surface area (TPSA) is 157 Å². The summed E-state index contributed by atoms with van der Waals surface area (Å²) in [4.78, 5) is 18.9. The van der Waals surface area contributed by atoms with Gasteiger partial charge in [0.2, 0.25) is 5.96 Å². The van der Waals surface area contributed by atoms with Crippen LogP contribution in [-0.4, -0.2) is 28.2 Å². The Balaban J connectivity index is 0.000000711. The van der Waals surface area contributed by atoms with Crippen molar-refractivity contribution < 1.29 is 14.8 Å². The highest BCUT2D eigenvalue weighted by atomic mass is 16.6. The molecule has 0 aliphatic rings. The zero-order chi connectivity index (χ0) is 14.8. The Bertz CT molecular complexity index is 487. The van der Waals surface area contributed by atoms with E-state index >= 15 is 0 Å². The minimum atomic E-state index is -0.833. The predicted molar refractivity (Wildman–Crippen MR) is 69.8 cm³/mol. The Morgan fingerprint density at radius 2 is 1.84 bits per heavy atom. The number of nitrogens with zero attached hydrogens (tertiary/aromatic N) is 3. The molecule has 0 aromatic heterocycles. The molecule has 102 valence electrons. The van der Waals surface area contributed by atoms with E-state index in [4.69, 9.17) is 21.4 Å². The smallest absolute Gasteiger partial charge is 0.300 e. The first kappa shape index (κ1) is 16.0. The summed E-state index contributed by atoms with van der Waals surface area (Å²) >= 11 is 0. The lowest BCUT2D eigenvalue weighted by Gasteiger charge is -1.91. The predicted octanol–water partition coefficient (Wildman–Crippen LogP) is 0.293. The molecule has 1 aromatic carbocycles. The molecule has 0 unspecified atom stereocenters. The van der Waals surface area contributed by atoms with Crippen molar-refractivity contribution in [1.29, 1.82) is 0 Å². The van der Waals surface area contributed by atoms with Gasteiger partial charge >= 0.3 is 0 Å². The van der Waals surface area contributed by atoms with Crippen LogP contribution in [0, 0.1) is 10.1 Å². The molecule has 0 radical (unpaired) electrons. The van der Waals surface area contributed by atoms with Gasteiger partial charge in [0.25, 0.3) is 11.7 Å². The van der Waals surface area contributed by atoms with Gasteiger partial charge in [0, 0.05) is 19.1 Å². The number of carbonyl (C=O) groups is 1. The van der Waals surface area contributed by atoms with E-state index in [0.717, 1.165) is 6.92 Å². The van der Waals surface area contributed by atoms with Gasteiger partial charge in [0.1, 0.15) is 0 Å². The van der Waals surface area contributed by atoms with Gasteiger partial charge in [-0.05, 0) is 17.7 Å². The summed E-state index contributed by atoms with van der Waals surface area (Å²) in [5, 5.41) is 24.7. The third kappa shape index (κ3) is 8.80. The fraction of sp³-hybridized carbons (Fsp3) is 0.100. The van der Waals surface area contributed by atoms with Gasteiger partial charge in [-0.25, -0.2) is 0 Å². The molecule has 19 heavy (non-hydrogen) atoms. The summed E-state index contributed by atoms with van der Waals surface area (Å²) < 4.78 is 0. The standard InChI is InChI=1S/C8H9N5O2.C2H4O2/c9-8(10)12-11-5-6-1-3-7(4-2-6)13(14)15;1-2(3)4/h1-5H,(H4,9,10,12);1H3,(H,3,4)/b11-5+;. The number of nitro benzene ring substituents is 1. The van der Waals surface area contributed by atoms with E-state index in [1.807, 2.05) is 0 Å². The van der Waals surface area contributed by atoms with E-state index < -0.39 is 10.9 Å². The Hall–Kier alpha value is -2.97. The van der Waals surface area contributed by atoms with E-state index in [1.165, 1.54) is 18.3 Å². The van der Waals surface area contributed by atoms with Gasteiger partial charge in [-0.2, -0.15) is 5.10 Å². The maximum atomic E-state index is 10.3. The number of aliphatic carboxylic acids is 1. The molecule has 0 amide bonds. The van der Waals surface area contributed by atoms with Crippen LogP contribution >= 0.6 is 0 Å². The lowest BCUT2D eigenvalue weighted by Crippen LogP contribution is -2.21. The highest BCUT2D eigenvalue weighted by Gasteiger charge is 2.02. The molecule has 0 saturated carbocycles. The van der Waals surface area contributed by atoms with E-state index in [-0.39, 0.29) is 11.6 Å². The molecule has 5 N–H and O–H groups in total. The average molecular weight is 267 g/mol. The number of benzene rings is 1. The zero-order valence-electron chi connectivity index (χ0n) is 10.1. The summed E-state index contributed by atoms with van der Waals surface area (Å²) in [6, 6.07) is 5.83. The number of nitro groups is 1. The van der Waals surface area contributed by atoms with Crippen LogP contribution in [0.3, 0.4) is 0 Å². The van der Waals surface area contributed by atoms with Crippen LogP contribution in [0.15, 0.2) is 34.5 Å². The Labute approximate surface area is 108 Å². The summed E-state index contributed by atoms with van der Waals surface area (Å²) in [5.41, 5.74) is 10.8. The van der Waals surface area contributed by atoms with Crippen molar-refractivity contribution in [3.8, 4) is 0 Å². The Morgan fingerprint density at radius 3 is 2.21 bits per heavy atom. The molecule has 0 aliphatic heterocycles. The lowest BCUT2D eigenvalue weighted by molar-refractivity contribution is -0.384. The largest absolute Gasteiger partial charge is 0.481 e. The first-order chi connectivity index (χ1) is 8.82. The van der Waals surface area contributed by atoms with Crippen molar-refractivity contribution >= 4 is 23.8 Å². The average Bonchev–Trinajstić information content (AvgIpc) is 2.28. The van der Waals surface area contributed by atoms with Gasteiger partial charge in [-0.1, -0.05) is 0 Å². The second kappa shape index (κ2) is 8.17. The van der Waals surface area contributed by atoms with Crippen LogP contribution < -0.4 is 11.5 Å². The molecule has 9 heteroatoms. The summed E-state index contributed by atoms with van der Waals surface area (Å²) in [6.45, 7) is 1.08. The molecule has 0 aliphatic carbocycles. The third-order valence-corrected chi connectivity index (χ3v) is 1.48. The summed E-state index contributed by atoms with van der Waals surface area (Å²) in [5.74, 6) is -0.979. The number of hydrogen-bond acceptors (Lipinski definition) is 5. The molecular weight excluding hydrogens is 254 g/mol. The Morgan fingerprint density at radius 1 is 1.37 bits per heavy atom. The highest BCUT2D eigenvalue weighted by molar-refractivity contribution is 5.81. The number of rotatable bonds is 3. The number of carboxylic acids is 1. The number of carboxylic acid groups (broad SMARTS) is 1. The van der Waals surface area contributed by atoms with E-state index in [0.29, 0.717) is 5.56 Å². The van der Waals surface area contributed by atoms with Gasteiger partial charge in [-0.3, -0.25) is 14.9 Å². The summed E-state index contributed by atoms with van der Waals surface area (Å²) in [6.07, 6.45) is 1.39. The fourth-order valence-electron chi connectivity index (χ4n) is 0.844. The van der Waals surface area contributed by atoms with Crippen LogP contribution in [0.5, 0.6) is 0 Å². The molecular formula is C10H13N5O4. The van der Waals surface area contributed by atoms with Crippen molar-refractivity contribution in [2.75, 3.05) is 0 Å². The van der Waals surface area contributed by atoms with Crippen LogP contribution in [0.25, 0.3) is 0 Å². The normalized spacial score (nSPS) is 9.32. The van der Waals surface area contributed by atoms with Crippen LogP contribution in [0.4, 0.5) is 5.69 Å². The highest BCUT2D eigenvalue weighted by Crippen LogP contribution is 2.10. The van der Waals surface area contributed by atoms with Crippen LogP contribution in [0.2, 0.25) is 0 Å². The van der Waals surface area contributed by atoms with Crippen LogP contribution in [-0.2, 0) is 4.79 Å². The molecule has 0 spiro atoms. The SMILES string of the molecule is CC(=O)O.NC(N)=N/N=C/c1ccc([N+](=O)[O-])cc1. The molecule has 0 fully saturated rings. The van der Waals surface area contributed by atoms with Crippen molar-refractivity contribution in [3.05, 3.63) is 39.9 Å². The quantitative estimate of drug-likeness (QED) is 0.309. The second-order valence-corrected chi connectivity index (χ2v) is 3.14. The van der Waals surface area contributed by atoms with Gasteiger partial charge < -0.3 is 16.6 Å². The minimum absolute atomic E-state index is 0.0222. The lowest BCUT2D eigenvalue weighted by atomic mass is 10.2. The van der Waals surface area contributed by atoms with E-state index in [9.17, 15) is 10.1 Å². The van der Waals surface area contributed by atoms with Crippen molar-refractivity contribution in [1.82, 2.24) is 0 Å². The number of nitrogens with two attached hydrogens (primary N) is 2. The van der Waals surface area contributed by atoms with E-state index in [2.05, 4.69) is 10.2 Å². The van der Waals surface area contributed by atoms with Crippen molar-refractivity contribution in [2.24, 2.45) is 21.7 Å². The Kier molecular flexibility index (Phi) is 6.89. The van der Waals surface area contributed by atoms with Crippen molar-refractivity contribution in [2.45, 2.75) is 6.92 Å². The van der Waals surface area contributed by atoms with E-state index in [1.54, 1.807) is 12.1 Å². The molecule has 0 saturated heterocycles. The third-order valence-electron chi connectivity index (χ3n) is 1.48.